The van der Waals surface area contributed by atoms with Crippen LogP contribution in [0.25, 0.3) is 0 Å². The second-order valence-corrected chi connectivity index (χ2v) is 6.71. The molecule has 1 aliphatic rings. The normalized spacial score (nSPS) is 17.6. The minimum atomic E-state index is -0.297. The van der Waals surface area contributed by atoms with Crippen molar-refractivity contribution in [3.8, 4) is 0 Å². The summed E-state index contributed by atoms with van der Waals surface area (Å²) in [7, 11) is 0. The lowest BCUT2D eigenvalue weighted by Gasteiger charge is -2.36. The van der Waals surface area contributed by atoms with Crippen LogP contribution in [-0.2, 0) is 9.53 Å². The third kappa shape index (κ3) is 5.53. The number of nitrogens with two attached hydrogens (primary N) is 1. The van der Waals surface area contributed by atoms with Crippen molar-refractivity contribution in [2.45, 2.75) is 34.1 Å². The molecule has 0 aromatic rings. The minimum Gasteiger partial charge on any atom is -0.450 e. The zero-order chi connectivity index (χ0) is 16.0. The highest BCUT2D eigenvalue weighted by atomic mass is 16.6. The maximum absolute atomic E-state index is 12.5. The Morgan fingerprint density at radius 3 is 2.10 bits per heavy atom. The van der Waals surface area contributed by atoms with Crippen molar-refractivity contribution in [3.63, 3.8) is 0 Å². The van der Waals surface area contributed by atoms with Crippen molar-refractivity contribution >= 4 is 12.0 Å². The standard InChI is InChI=1S/C15H29N3O3/c1-5-21-14(20)18-8-6-17(7-9-18)13(19)12(11-16)10-15(2,3)4/h12H,5-11,16H2,1-4H3. The maximum atomic E-state index is 12.5. The summed E-state index contributed by atoms with van der Waals surface area (Å²) in [4.78, 5) is 27.6. The number of ether oxygens (including phenoxy) is 1. The van der Waals surface area contributed by atoms with Crippen molar-refractivity contribution in [1.82, 2.24) is 9.80 Å². The fourth-order valence-electron chi connectivity index (χ4n) is 2.59. The van der Waals surface area contributed by atoms with Crippen molar-refractivity contribution in [3.05, 3.63) is 0 Å². The molecule has 1 unspecified atom stereocenters. The van der Waals surface area contributed by atoms with Crippen molar-refractivity contribution < 1.29 is 14.3 Å². The average Bonchev–Trinajstić information content (AvgIpc) is 2.43. The molecule has 0 radical (unpaired) electrons. The number of rotatable bonds is 4. The van der Waals surface area contributed by atoms with Gasteiger partial charge in [-0.1, -0.05) is 20.8 Å². The van der Waals surface area contributed by atoms with Crippen LogP contribution < -0.4 is 5.73 Å². The lowest BCUT2D eigenvalue weighted by molar-refractivity contribution is -0.137. The van der Waals surface area contributed by atoms with Gasteiger partial charge in [0.25, 0.3) is 0 Å². The van der Waals surface area contributed by atoms with E-state index in [9.17, 15) is 9.59 Å². The van der Waals surface area contributed by atoms with Crippen LogP contribution >= 0.6 is 0 Å². The molecule has 2 amide bonds. The molecule has 0 aromatic carbocycles. The van der Waals surface area contributed by atoms with Crippen LogP contribution in [0.3, 0.4) is 0 Å². The van der Waals surface area contributed by atoms with E-state index in [0.29, 0.717) is 39.3 Å². The SMILES string of the molecule is CCOC(=O)N1CCN(C(=O)C(CN)CC(C)(C)C)CC1. The van der Waals surface area contributed by atoms with E-state index in [2.05, 4.69) is 20.8 Å². The Balaban J connectivity index is 2.52. The zero-order valence-corrected chi connectivity index (χ0v) is 13.7. The summed E-state index contributed by atoms with van der Waals surface area (Å²) in [5.74, 6) is -0.0323. The Kier molecular flexibility index (Phi) is 6.45. The summed E-state index contributed by atoms with van der Waals surface area (Å²) in [5, 5.41) is 0. The Labute approximate surface area is 127 Å². The first-order valence-electron chi connectivity index (χ1n) is 7.69. The highest BCUT2D eigenvalue weighted by molar-refractivity contribution is 5.79. The molecule has 1 atom stereocenters. The summed E-state index contributed by atoms with van der Waals surface area (Å²) in [6, 6.07) is 0. The second-order valence-electron chi connectivity index (χ2n) is 6.71. The molecule has 6 heteroatoms. The van der Waals surface area contributed by atoms with Gasteiger partial charge in [-0.15, -0.1) is 0 Å². The third-order valence-electron chi connectivity index (χ3n) is 3.61. The predicted octanol–water partition coefficient (Wildman–Crippen LogP) is 1.30. The van der Waals surface area contributed by atoms with E-state index >= 15 is 0 Å². The van der Waals surface area contributed by atoms with E-state index in [4.69, 9.17) is 10.5 Å². The van der Waals surface area contributed by atoms with E-state index < -0.39 is 0 Å². The highest BCUT2D eigenvalue weighted by Gasteiger charge is 2.30. The monoisotopic (exact) mass is 299 g/mol. The molecule has 1 rings (SSSR count). The van der Waals surface area contributed by atoms with Crippen LogP contribution in [-0.4, -0.2) is 61.1 Å². The second kappa shape index (κ2) is 7.64. The Hall–Kier alpha value is -1.30. The molecule has 2 N–H and O–H groups in total. The number of amides is 2. The Morgan fingerprint density at radius 2 is 1.67 bits per heavy atom. The van der Waals surface area contributed by atoms with Gasteiger partial charge in [-0.25, -0.2) is 4.79 Å². The molecule has 0 aliphatic carbocycles. The number of carbonyl (C=O) groups is 2. The van der Waals surface area contributed by atoms with E-state index in [-0.39, 0.29) is 23.3 Å². The summed E-state index contributed by atoms with van der Waals surface area (Å²) >= 11 is 0. The van der Waals surface area contributed by atoms with E-state index in [1.165, 1.54) is 0 Å². The van der Waals surface area contributed by atoms with Crippen molar-refractivity contribution in [2.75, 3.05) is 39.3 Å². The third-order valence-corrected chi connectivity index (χ3v) is 3.61. The molecule has 122 valence electrons. The van der Waals surface area contributed by atoms with Gasteiger partial charge in [-0.2, -0.15) is 0 Å². The lowest BCUT2D eigenvalue weighted by Crippen LogP contribution is -2.53. The molecule has 0 spiro atoms. The fourth-order valence-corrected chi connectivity index (χ4v) is 2.59. The number of piperazine rings is 1. The first-order chi connectivity index (χ1) is 9.78. The largest absolute Gasteiger partial charge is 0.450 e. The van der Waals surface area contributed by atoms with Crippen molar-refractivity contribution in [1.29, 1.82) is 0 Å². The van der Waals surface area contributed by atoms with E-state index in [1.807, 2.05) is 4.90 Å². The molecule has 21 heavy (non-hydrogen) atoms. The number of nitrogens with zero attached hydrogens (tertiary/aromatic N) is 2. The van der Waals surface area contributed by atoms with Crippen LogP contribution in [0.1, 0.15) is 34.1 Å². The molecule has 6 nitrogen and oxygen atoms in total. The van der Waals surface area contributed by atoms with Gasteiger partial charge in [0.05, 0.1) is 12.5 Å². The Bertz CT molecular complexity index is 358. The summed E-state index contributed by atoms with van der Waals surface area (Å²) in [5.41, 5.74) is 5.85. The molecular formula is C15H29N3O3. The van der Waals surface area contributed by atoms with Crippen LogP contribution in [0.2, 0.25) is 0 Å². The molecule has 1 saturated heterocycles. The summed E-state index contributed by atoms with van der Waals surface area (Å²) in [6.07, 6.45) is 0.482. The van der Waals surface area contributed by atoms with Gasteiger partial charge in [0.1, 0.15) is 0 Å². The zero-order valence-electron chi connectivity index (χ0n) is 13.7. The maximum Gasteiger partial charge on any atom is 0.409 e. The average molecular weight is 299 g/mol. The quantitative estimate of drug-likeness (QED) is 0.849. The molecule has 1 heterocycles. The molecular weight excluding hydrogens is 270 g/mol. The minimum absolute atomic E-state index is 0.0758. The summed E-state index contributed by atoms with van der Waals surface area (Å²) < 4.78 is 4.98. The number of hydrogen-bond acceptors (Lipinski definition) is 4. The van der Waals surface area contributed by atoms with Gasteiger partial charge in [0.2, 0.25) is 5.91 Å². The van der Waals surface area contributed by atoms with Crippen molar-refractivity contribution in [2.24, 2.45) is 17.1 Å². The van der Waals surface area contributed by atoms with Crippen LogP contribution in [0.4, 0.5) is 4.79 Å². The summed E-state index contributed by atoms with van der Waals surface area (Å²) in [6.45, 7) is 11.0. The smallest absolute Gasteiger partial charge is 0.409 e. The van der Waals surface area contributed by atoms with Gasteiger partial charge in [-0.05, 0) is 18.8 Å². The molecule has 0 aromatic heterocycles. The molecule has 1 fully saturated rings. The Morgan fingerprint density at radius 1 is 1.14 bits per heavy atom. The molecule has 0 bridgehead atoms. The van der Waals surface area contributed by atoms with Gasteiger partial charge in [-0.3, -0.25) is 4.79 Å². The first-order valence-corrected chi connectivity index (χ1v) is 7.69. The van der Waals surface area contributed by atoms with Gasteiger partial charge in [0.15, 0.2) is 0 Å². The highest BCUT2D eigenvalue weighted by Crippen LogP contribution is 2.25. The van der Waals surface area contributed by atoms with E-state index in [0.717, 1.165) is 6.42 Å². The van der Waals surface area contributed by atoms with Gasteiger partial charge < -0.3 is 20.3 Å². The van der Waals surface area contributed by atoms with Crippen LogP contribution in [0, 0.1) is 11.3 Å². The predicted molar refractivity (Wildman–Crippen MR) is 81.8 cm³/mol. The topological polar surface area (TPSA) is 75.9 Å². The number of hydrogen-bond donors (Lipinski definition) is 1. The number of carbonyl (C=O) groups excluding carboxylic acids is 2. The van der Waals surface area contributed by atoms with E-state index in [1.54, 1.807) is 11.8 Å². The van der Waals surface area contributed by atoms with Gasteiger partial charge in [0, 0.05) is 32.7 Å². The molecule has 1 aliphatic heterocycles. The van der Waals surface area contributed by atoms with Crippen LogP contribution in [0.5, 0.6) is 0 Å². The van der Waals surface area contributed by atoms with Crippen LogP contribution in [0.15, 0.2) is 0 Å². The first kappa shape index (κ1) is 17.8. The fraction of sp³-hybridized carbons (Fsp3) is 0.867. The molecule has 0 saturated carbocycles. The van der Waals surface area contributed by atoms with Gasteiger partial charge >= 0.3 is 6.09 Å². The lowest BCUT2D eigenvalue weighted by atomic mass is 9.84.